The molecular weight excluding hydrogens is 430 g/mol. The molecule has 0 saturated carbocycles. The van der Waals surface area contributed by atoms with E-state index in [1.807, 2.05) is 0 Å². The first-order valence-electron chi connectivity index (χ1n) is 8.58. The van der Waals surface area contributed by atoms with Crippen LogP contribution in [-0.2, 0) is 6.18 Å². The van der Waals surface area contributed by atoms with Crippen LogP contribution < -0.4 is 14.8 Å². The maximum Gasteiger partial charge on any atom is 0.422 e. The fourth-order valence-electron chi connectivity index (χ4n) is 2.42. The van der Waals surface area contributed by atoms with Crippen LogP contribution in [0.15, 0.2) is 48.5 Å². The second-order valence-electron chi connectivity index (χ2n) is 6.10. The highest BCUT2D eigenvalue weighted by Crippen LogP contribution is 2.31. The van der Waals surface area contributed by atoms with Gasteiger partial charge in [0.15, 0.2) is 12.4 Å². The van der Waals surface area contributed by atoms with Crippen LogP contribution in [0.2, 0.25) is 0 Å². The highest BCUT2D eigenvalue weighted by Gasteiger charge is 2.31. The summed E-state index contributed by atoms with van der Waals surface area (Å²) in [5.41, 5.74) is -0.585. The molecule has 0 amide bonds. The molecule has 2 aromatic carbocycles. The van der Waals surface area contributed by atoms with Crippen molar-refractivity contribution in [1.82, 2.24) is 15.0 Å². The van der Waals surface area contributed by atoms with Gasteiger partial charge in [-0.05, 0) is 30.3 Å². The molecule has 3 aromatic rings. The Morgan fingerprint density at radius 1 is 0.903 bits per heavy atom. The Kier molecular flexibility index (Phi) is 6.18. The van der Waals surface area contributed by atoms with Gasteiger partial charge in [0.25, 0.3) is 0 Å². The second-order valence-corrected chi connectivity index (χ2v) is 6.10. The third kappa shape index (κ3) is 6.20. The molecule has 6 nitrogen and oxygen atoms in total. The zero-order valence-corrected chi connectivity index (χ0v) is 15.8. The van der Waals surface area contributed by atoms with Gasteiger partial charge in [-0.15, -0.1) is 0 Å². The Hall–Kier alpha value is -3.57. The maximum absolute atomic E-state index is 12.9. The summed E-state index contributed by atoms with van der Waals surface area (Å²) in [4.78, 5) is 11.7. The van der Waals surface area contributed by atoms with E-state index in [0.717, 1.165) is 18.2 Å². The molecule has 164 valence electrons. The van der Waals surface area contributed by atoms with E-state index in [0.29, 0.717) is 11.3 Å². The van der Waals surface area contributed by atoms with Crippen molar-refractivity contribution >= 4 is 11.6 Å². The molecular formula is C19H14F6N4O2. The van der Waals surface area contributed by atoms with E-state index >= 15 is 0 Å². The Balaban J connectivity index is 1.98. The Morgan fingerprint density at radius 2 is 1.65 bits per heavy atom. The van der Waals surface area contributed by atoms with Crippen molar-refractivity contribution in [1.29, 1.82) is 0 Å². The van der Waals surface area contributed by atoms with Gasteiger partial charge in [-0.2, -0.15) is 41.3 Å². The van der Waals surface area contributed by atoms with Crippen LogP contribution in [-0.4, -0.2) is 34.8 Å². The third-order valence-corrected chi connectivity index (χ3v) is 3.75. The number of nitrogens with zero attached hydrogens (tertiary/aromatic N) is 3. The zero-order chi connectivity index (χ0) is 22.6. The predicted molar refractivity (Wildman–Crippen MR) is 98.1 cm³/mol. The van der Waals surface area contributed by atoms with Crippen LogP contribution >= 0.6 is 0 Å². The van der Waals surface area contributed by atoms with Gasteiger partial charge in [0, 0.05) is 11.3 Å². The maximum atomic E-state index is 12.9. The number of halogens is 6. The van der Waals surface area contributed by atoms with E-state index in [1.54, 1.807) is 18.2 Å². The summed E-state index contributed by atoms with van der Waals surface area (Å²) >= 11 is 0. The van der Waals surface area contributed by atoms with Crippen molar-refractivity contribution in [2.75, 3.05) is 19.0 Å². The molecule has 0 fully saturated rings. The van der Waals surface area contributed by atoms with Crippen molar-refractivity contribution < 1.29 is 35.8 Å². The Morgan fingerprint density at radius 3 is 2.32 bits per heavy atom. The molecule has 1 heterocycles. The number of anilines is 2. The van der Waals surface area contributed by atoms with Gasteiger partial charge in [-0.3, -0.25) is 0 Å². The van der Waals surface area contributed by atoms with Gasteiger partial charge >= 0.3 is 18.4 Å². The second kappa shape index (κ2) is 8.66. The van der Waals surface area contributed by atoms with Crippen LogP contribution in [0.1, 0.15) is 5.56 Å². The Bertz CT molecular complexity index is 1060. The van der Waals surface area contributed by atoms with Crippen molar-refractivity contribution in [2.24, 2.45) is 0 Å². The number of methoxy groups -OCH3 is 1. The minimum Gasteiger partial charge on any atom is -0.497 e. The molecule has 0 bridgehead atoms. The van der Waals surface area contributed by atoms with Crippen molar-refractivity contribution in [3.8, 4) is 23.1 Å². The van der Waals surface area contributed by atoms with E-state index in [2.05, 4.69) is 25.0 Å². The lowest BCUT2D eigenvalue weighted by Crippen LogP contribution is -2.20. The van der Waals surface area contributed by atoms with E-state index in [1.165, 1.54) is 19.2 Å². The monoisotopic (exact) mass is 444 g/mol. The van der Waals surface area contributed by atoms with Gasteiger partial charge in [0.05, 0.1) is 12.7 Å². The average molecular weight is 444 g/mol. The summed E-state index contributed by atoms with van der Waals surface area (Å²) in [6.45, 7) is -1.66. The zero-order valence-electron chi connectivity index (χ0n) is 15.8. The van der Waals surface area contributed by atoms with Crippen molar-refractivity contribution in [3.63, 3.8) is 0 Å². The fourth-order valence-corrected chi connectivity index (χ4v) is 2.42. The summed E-state index contributed by atoms with van der Waals surface area (Å²) in [5, 5.41) is 2.54. The fraction of sp³-hybridized carbons (Fsp3) is 0.211. The standard InChI is InChI=1S/C19H14F6N4O2/c1-30-14-7-2-4-11(8-14)15-27-16(29-17(28-15)31-10-18(20,21)22)26-13-6-3-5-12(9-13)19(23,24)25/h2-9H,10H2,1H3,(H,26,27,28,29). The number of benzene rings is 2. The summed E-state index contributed by atoms with van der Waals surface area (Å²) in [7, 11) is 1.42. The first-order valence-corrected chi connectivity index (χ1v) is 8.58. The minimum atomic E-state index is -4.64. The lowest BCUT2D eigenvalue weighted by atomic mass is 10.2. The summed E-state index contributed by atoms with van der Waals surface area (Å²) < 4.78 is 86.1. The molecule has 0 aliphatic heterocycles. The van der Waals surface area contributed by atoms with Gasteiger partial charge in [0.1, 0.15) is 5.75 Å². The molecule has 31 heavy (non-hydrogen) atoms. The molecule has 1 N–H and O–H groups in total. The van der Waals surface area contributed by atoms with Crippen molar-refractivity contribution in [2.45, 2.75) is 12.4 Å². The largest absolute Gasteiger partial charge is 0.497 e. The molecule has 0 aliphatic carbocycles. The molecule has 0 atom stereocenters. The van der Waals surface area contributed by atoms with Crippen LogP contribution in [0, 0.1) is 0 Å². The molecule has 3 rings (SSSR count). The summed E-state index contributed by atoms with van der Waals surface area (Å²) in [6, 6.07) is 9.85. The highest BCUT2D eigenvalue weighted by atomic mass is 19.4. The SMILES string of the molecule is COc1cccc(-c2nc(Nc3cccc(C(F)(F)F)c3)nc(OCC(F)(F)F)n2)c1. The van der Waals surface area contributed by atoms with Crippen LogP contribution in [0.3, 0.4) is 0 Å². The Labute approximate surface area is 171 Å². The smallest absolute Gasteiger partial charge is 0.422 e. The van der Waals surface area contributed by atoms with Crippen LogP contribution in [0.4, 0.5) is 38.0 Å². The number of hydrogen-bond donors (Lipinski definition) is 1. The van der Waals surface area contributed by atoms with Crippen LogP contribution in [0.25, 0.3) is 11.4 Å². The molecule has 0 radical (unpaired) electrons. The van der Waals surface area contributed by atoms with Gasteiger partial charge in [0.2, 0.25) is 5.95 Å². The summed E-state index contributed by atoms with van der Waals surface area (Å²) in [5.74, 6) is 0.0629. The molecule has 12 heteroatoms. The van der Waals surface area contributed by atoms with Crippen LogP contribution in [0.5, 0.6) is 11.8 Å². The highest BCUT2D eigenvalue weighted by molar-refractivity contribution is 5.61. The first kappa shape index (κ1) is 22.1. The average Bonchev–Trinajstić information content (AvgIpc) is 2.71. The van der Waals surface area contributed by atoms with E-state index < -0.39 is 30.5 Å². The topological polar surface area (TPSA) is 69.2 Å². The van der Waals surface area contributed by atoms with Gasteiger partial charge < -0.3 is 14.8 Å². The number of nitrogens with one attached hydrogen (secondary N) is 1. The normalized spacial score (nSPS) is 11.8. The number of rotatable bonds is 6. The van der Waals surface area contributed by atoms with Gasteiger partial charge in [-0.25, -0.2) is 0 Å². The van der Waals surface area contributed by atoms with Gasteiger partial charge in [-0.1, -0.05) is 18.2 Å². The molecule has 0 saturated heterocycles. The number of alkyl halides is 6. The van der Waals surface area contributed by atoms with E-state index in [9.17, 15) is 26.3 Å². The minimum absolute atomic E-state index is 0.0283. The molecule has 0 spiro atoms. The quantitative estimate of drug-likeness (QED) is 0.524. The lowest BCUT2D eigenvalue weighted by molar-refractivity contribution is -0.154. The number of aromatic nitrogens is 3. The van der Waals surface area contributed by atoms with Crippen molar-refractivity contribution in [3.05, 3.63) is 54.1 Å². The summed E-state index contributed by atoms with van der Waals surface area (Å²) in [6.07, 6.45) is -9.22. The molecule has 0 unspecified atom stereocenters. The third-order valence-electron chi connectivity index (χ3n) is 3.75. The molecule has 0 aliphatic rings. The molecule has 1 aromatic heterocycles. The van der Waals surface area contributed by atoms with E-state index in [-0.39, 0.29) is 17.5 Å². The number of hydrogen-bond acceptors (Lipinski definition) is 6. The van der Waals surface area contributed by atoms with E-state index in [4.69, 9.17) is 4.74 Å². The lowest BCUT2D eigenvalue weighted by Gasteiger charge is -2.12. The predicted octanol–water partition coefficient (Wildman–Crippen LogP) is 5.25. The number of ether oxygens (including phenoxy) is 2. The first-order chi connectivity index (χ1) is 14.5.